The van der Waals surface area contributed by atoms with Crippen LogP contribution in [0.5, 0.6) is 0 Å². The van der Waals surface area contributed by atoms with Gasteiger partial charge in [-0.05, 0) is 76.8 Å². The van der Waals surface area contributed by atoms with E-state index in [0.29, 0.717) is 0 Å². The Hall–Kier alpha value is -3.90. The topological polar surface area (TPSA) is 0 Å². The molecule has 8 rings (SSSR count). The fourth-order valence-electron chi connectivity index (χ4n) is 7.60. The van der Waals surface area contributed by atoms with Gasteiger partial charge in [0.05, 0.1) is 0 Å². The maximum absolute atomic E-state index is 2.42. The fourth-order valence-corrected chi connectivity index (χ4v) is 7.60. The van der Waals surface area contributed by atoms with Crippen molar-refractivity contribution in [1.82, 2.24) is 0 Å². The van der Waals surface area contributed by atoms with E-state index in [1.165, 1.54) is 76.8 Å². The molecule has 0 unspecified atom stereocenters. The van der Waals surface area contributed by atoms with Crippen LogP contribution in [0.4, 0.5) is 0 Å². The smallest absolute Gasteiger partial charge is 0.0165 e. The Balaban J connectivity index is 1.50. The SMILES string of the molecule is CC1(C)c2ccc3c4c(ccc3c2-c2ccc3ccccc3c21)C(C)(C)c1c-4ccc2ccccc12. The van der Waals surface area contributed by atoms with E-state index in [-0.39, 0.29) is 10.8 Å². The molecule has 6 aromatic carbocycles. The van der Waals surface area contributed by atoms with Gasteiger partial charge >= 0.3 is 0 Å². The molecule has 0 saturated carbocycles. The molecule has 0 N–H and O–H groups in total. The van der Waals surface area contributed by atoms with E-state index in [0.717, 1.165) is 0 Å². The molecule has 6 aromatic rings. The highest BCUT2D eigenvalue weighted by molar-refractivity contribution is 6.13. The van der Waals surface area contributed by atoms with Crippen molar-refractivity contribution in [2.45, 2.75) is 38.5 Å². The van der Waals surface area contributed by atoms with Gasteiger partial charge in [-0.3, -0.25) is 0 Å². The maximum Gasteiger partial charge on any atom is 0.0165 e. The van der Waals surface area contributed by atoms with Gasteiger partial charge < -0.3 is 0 Å². The molecule has 0 heterocycles. The van der Waals surface area contributed by atoms with Crippen LogP contribution in [-0.4, -0.2) is 0 Å². The van der Waals surface area contributed by atoms with Crippen molar-refractivity contribution in [3.63, 3.8) is 0 Å². The van der Waals surface area contributed by atoms with E-state index >= 15 is 0 Å². The minimum atomic E-state index is -0.0356. The number of benzene rings is 6. The largest absolute Gasteiger partial charge is 0.0616 e. The molecule has 0 radical (unpaired) electrons. The lowest BCUT2D eigenvalue weighted by Gasteiger charge is -2.24. The zero-order valence-electron chi connectivity index (χ0n) is 21.2. The van der Waals surface area contributed by atoms with E-state index in [2.05, 4.69) is 125 Å². The van der Waals surface area contributed by atoms with Gasteiger partial charge in [0.25, 0.3) is 0 Å². The first-order valence-electron chi connectivity index (χ1n) is 13.0. The van der Waals surface area contributed by atoms with Gasteiger partial charge in [0.15, 0.2) is 0 Å². The molecule has 0 fully saturated rings. The summed E-state index contributed by atoms with van der Waals surface area (Å²) in [5.41, 5.74) is 11.4. The number of fused-ring (bicyclic) bond motifs is 13. The Morgan fingerprint density at radius 2 is 0.806 bits per heavy atom. The zero-order chi connectivity index (χ0) is 24.4. The Morgan fingerprint density at radius 1 is 0.389 bits per heavy atom. The van der Waals surface area contributed by atoms with Gasteiger partial charge in [0, 0.05) is 10.8 Å². The summed E-state index contributed by atoms with van der Waals surface area (Å²) < 4.78 is 0. The second kappa shape index (κ2) is 6.45. The minimum absolute atomic E-state index is 0.0356. The maximum atomic E-state index is 2.42. The van der Waals surface area contributed by atoms with E-state index in [4.69, 9.17) is 0 Å². The Bertz CT molecular complexity index is 1790. The summed E-state index contributed by atoms with van der Waals surface area (Å²) >= 11 is 0. The van der Waals surface area contributed by atoms with Crippen LogP contribution in [0.3, 0.4) is 0 Å². The molecule has 0 aliphatic heterocycles. The molecule has 2 aliphatic rings. The molecule has 0 atom stereocenters. The highest BCUT2D eigenvalue weighted by atomic mass is 14.4. The Labute approximate surface area is 212 Å². The fraction of sp³-hybridized carbons (Fsp3) is 0.167. The molecule has 0 bridgehead atoms. The highest BCUT2D eigenvalue weighted by Gasteiger charge is 2.41. The minimum Gasteiger partial charge on any atom is -0.0616 e. The Morgan fingerprint density at radius 3 is 1.25 bits per heavy atom. The van der Waals surface area contributed by atoms with E-state index in [1.54, 1.807) is 0 Å². The molecule has 0 nitrogen and oxygen atoms in total. The van der Waals surface area contributed by atoms with Crippen LogP contribution in [0.1, 0.15) is 49.9 Å². The van der Waals surface area contributed by atoms with Crippen molar-refractivity contribution in [3.05, 3.63) is 119 Å². The van der Waals surface area contributed by atoms with Gasteiger partial charge in [-0.2, -0.15) is 0 Å². The molecule has 0 amide bonds. The summed E-state index contributed by atoms with van der Waals surface area (Å²) in [5.74, 6) is 0. The average Bonchev–Trinajstić information content (AvgIpc) is 3.28. The van der Waals surface area contributed by atoms with Crippen LogP contribution in [0.15, 0.2) is 97.1 Å². The second-order valence-electron chi connectivity index (χ2n) is 11.7. The third-order valence-electron chi connectivity index (χ3n) is 9.19. The quantitative estimate of drug-likeness (QED) is 0.212. The normalized spacial score (nSPS) is 16.2. The molecule has 172 valence electrons. The van der Waals surface area contributed by atoms with Gasteiger partial charge in [-0.25, -0.2) is 0 Å². The summed E-state index contributed by atoms with van der Waals surface area (Å²) in [6.07, 6.45) is 0. The van der Waals surface area contributed by atoms with Gasteiger partial charge in [0.2, 0.25) is 0 Å². The molecule has 2 aliphatic carbocycles. The van der Waals surface area contributed by atoms with Crippen LogP contribution in [0.25, 0.3) is 54.6 Å². The molecule has 36 heavy (non-hydrogen) atoms. The number of hydrogen-bond donors (Lipinski definition) is 0. The van der Waals surface area contributed by atoms with Crippen molar-refractivity contribution in [2.24, 2.45) is 0 Å². The standard InChI is InChI=1S/C36H28/c1-35(2)29-19-17-26-25(31(29)27-15-13-21-9-5-7-11-23(21)33(27)35)18-20-30-32(26)28-16-14-22-10-6-8-12-24(22)34(28)36(30,3)4/h5-20H,1-4H3. The second-order valence-corrected chi connectivity index (χ2v) is 11.7. The third-order valence-corrected chi connectivity index (χ3v) is 9.19. The predicted octanol–water partition coefficient (Wildman–Crippen LogP) is 9.76. The summed E-state index contributed by atoms with van der Waals surface area (Å²) in [5, 5.41) is 8.16. The Kier molecular flexibility index (Phi) is 3.64. The lowest BCUT2D eigenvalue weighted by Crippen LogP contribution is -2.16. The molecule has 0 aromatic heterocycles. The number of hydrogen-bond acceptors (Lipinski definition) is 0. The lowest BCUT2D eigenvalue weighted by atomic mass is 9.79. The predicted molar refractivity (Wildman–Crippen MR) is 154 cm³/mol. The first-order valence-corrected chi connectivity index (χ1v) is 13.0. The van der Waals surface area contributed by atoms with Crippen molar-refractivity contribution >= 4 is 32.3 Å². The summed E-state index contributed by atoms with van der Waals surface area (Å²) in [4.78, 5) is 0. The molecule has 0 saturated heterocycles. The van der Waals surface area contributed by atoms with Crippen LogP contribution >= 0.6 is 0 Å². The van der Waals surface area contributed by atoms with Crippen molar-refractivity contribution in [1.29, 1.82) is 0 Å². The van der Waals surface area contributed by atoms with Crippen molar-refractivity contribution in [3.8, 4) is 22.3 Å². The highest BCUT2D eigenvalue weighted by Crippen LogP contribution is 2.57. The van der Waals surface area contributed by atoms with E-state index in [1.807, 2.05) is 0 Å². The summed E-state index contributed by atoms with van der Waals surface area (Å²) in [6, 6.07) is 36.7. The van der Waals surface area contributed by atoms with Crippen LogP contribution in [0.2, 0.25) is 0 Å². The number of rotatable bonds is 0. The van der Waals surface area contributed by atoms with Crippen LogP contribution in [0, 0.1) is 0 Å². The third kappa shape index (κ3) is 2.26. The van der Waals surface area contributed by atoms with Gasteiger partial charge in [0.1, 0.15) is 0 Å². The summed E-state index contributed by atoms with van der Waals surface area (Å²) in [6.45, 7) is 9.59. The molecular weight excluding hydrogens is 432 g/mol. The molecule has 0 heteroatoms. The van der Waals surface area contributed by atoms with Crippen molar-refractivity contribution < 1.29 is 0 Å². The first kappa shape index (κ1) is 20.3. The van der Waals surface area contributed by atoms with E-state index < -0.39 is 0 Å². The van der Waals surface area contributed by atoms with Gasteiger partial charge in [-0.15, -0.1) is 0 Å². The first-order chi connectivity index (χ1) is 17.4. The van der Waals surface area contributed by atoms with Crippen LogP contribution in [-0.2, 0) is 10.8 Å². The van der Waals surface area contributed by atoms with Crippen molar-refractivity contribution in [2.75, 3.05) is 0 Å². The lowest BCUT2D eigenvalue weighted by molar-refractivity contribution is 0.665. The molecule has 0 spiro atoms. The monoisotopic (exact) mass is 460 g/mol. The van der Waals surface area contributed by atoms with Crippen LogP contribution < -0.4 is 0 Å². The average molecular weight is 461 g/mol. The molecular formula is C36H28. The summed E-state index contributed by atoms with van der Waals surface area (Å²) in [7, 11) is 0. The zero-order valence-corrected chi connectivity index (χ0v) is 21.2. The van der Waals surface area contributed by atoms with Gasteiger partial charge in [-0.1, -0.05) is 125 Å². The van der Waals surface area contributed by atoms with E-state index in [9.17, 15) is 0 Å².